The fraction of sp³-hybridized carbons (Fsp3) is 0.133. The molecule has 0 aliphatic rings. The van der Waals surface area contributed by atoms with E-state index in [1.54, 1.807) is 24.1 Å². The van der Waals surface area contributed by atoms with E-state index in [1.165, 1.54) is 0 Å². The molecule has 0 atom stereocenters. The van der Waals surface area contributed by atoms with Gasteiger partial charge in [-0.05, 0) is 24.3 Å². The molecule has 0 radical (unpaired) electrons. The smallest absolute Gasteiger partial charge is 0.162 e. The van der Waals surface area contributed by atoms with Crippen molar-refractivity contribution in [3.8, 4) is 28.4 Å². The predicted molar refractivity (Wildman–Crippen MR) is 80.6 cm³/mol. The summed E-state index contributed by atoms with van der Waals surface area (Å²) in [6.45, 7) is 0. The van der Waals surface area contributed by atoms with E-state index in [0.717, 1.165) is 22.6 Å². The van der Waals surface area contributed by atoms with Crippen molar-refractivity contribution >= 4 is 5.82 Å². The van der Waals surface area contributed by atoms with Crippen molar-refractivity contribution in [3.63, 3.8) is 0 Å². The molecule has 106 valence electrons. The molecule has 0 aliphatic carbocycles. The van der Waals surface area contributed by atoms with Crippen LogP contribution in [0.1, 0.15) is 0 Å². The van der Waals surface area contributed by atoms with Gasteiger partial charge in [0.1, 0.15) is 11.6 Å². The molecule has 1 aromatic carbocycles. The lowest BCUT2D eigenvalue weighted by atomic mass is 10.2. The van der Waals surface area contributed by atoms with Gasteiger partial charge in [0.25, 0.3) is 0 Å². The third-order valence-corrected chi connectivity index (χ3v) is 3.09. The summed E-state index contributed by atoms with van der Waals surface area (Å²) in [6.07, 6.45) is 3.64. The van der Waals surface area contributed by atoms with E-state index in [1.807, 2.05) is 37.5 Å². The maximum atomic E-state index is 5.89. The Bertz CT molecular complexity index is 764. The third kappa shape index (κ3) is 2.69. The number of methoxy groups -OCH3 is 1. The molecular formula is C15H15N5O. The van der Waals surface area contributed by atoms with Gasteiger partial charge >= 0.3 is 0 Å². The quantitative estimate of drug-likeness (QED) is 0.795. The Morgan fingerprint density at radius 1 is 1.10 bits per heavy atom. The molecule has 2 heterocycles. The number of nitrogens with two attached hydrogens (primary N) is 1. The van der Waals surface area contributed by atoms with Gasteiger partial charge in [-0.1, -0.05) is 0 Å². The van der Waals surface area contributed by atoms with Gasteiger partial charge in [0.05, 0.1) is 19.0 Å². The van der Waals surface area contributed by atoms with Crippen LogP contribution in [0.3, 0.4) is 0 Å². The fourth-order valence-corrected chi connectivity index (χ4v) is 2.04. The minimum Gasteiger partial charge on any atom is -0.497 e. The maximum absolute atomic E-state index is 5.89. The topological polar surface area (TPSA) is 78.9 Å². The molecule has 3 rings (SSSR count). The van der Waals surface area contributed by atoms with Crippen LogP contribution in [0.5, 0.6) is 5.75 Å². The van der Waals surface area contributed by atoms with Gasteiger partial charge < -0.3 is 10.5 Å². The highest BCUT2D eigenvalue weighted by Gasteiger charge is 2.09. The fourth-order valence-electron chi connectivity index (χ4n) is 2.04. The van der Waals surface area contributed by atoms with E-state index in [2.05, 4.69) is 15.1 Å². The van der Waals surface area contributed by atoms with E-state index in [4.69, 9.17) is 10.5 Å². The monoisotopic (exact) mass is 281 g/mol. The van der Waals surface area contributed by atoms with Crippen LogP contribution in [0.15, 0.2) is 42.7 Å². The Kier molecular flexibility index (Phi) is 3.27. The van der Waals surface area contributed by atoms with E-state index >= 15 is 0 Å². The molecule has 0 fully saturated rings. The molecule has 0 saturated carbocycles. The van der Waals surface area contributed by atoms with Crippen LogP contribution in [0.4, 0.5) is 5.82 Å². The second-order valence-electron chi connectivity index (χ2n) is 4.63. The van der Waals surface area contributed by atoms with Crippen LogP contribution < -0.4 is 10.5 Å². The average Bonchev–Trinajstić information content (AvgIpc) is 2.93. The first-order chi connectivity index (χ1) is 10.2. The summed E-state index contributed by atoms with van der Waals surface area (Å²) >= 11 is 0. The van der Waals surface area contributed by atoms with Crippen molar-refractivity contribution in [2.24, 2.45) is 7.05 Å². The van der Waals surface area contributed by atoms with Crippen molar-refractivity contribution in [1.82, 2.24) is 19.7 Å². The molecule has 2 aromatic heterocycles. The summed E-state index contributed by atoms with van der Waals surface area (Å²) in [4.78, 5) is 8.85. The highest BCUT2D eigenvalue weighted by atomic mass is 16.5. The van der Waals surface area contributed by atoms with Gasteiger partial charge in [-0.2, -0.15) is 5.10 Å². The summed E-state index contributed by atoms with van der Waals surface area (Å²) < 4.78 is 6.87. The Balaban J connectivity index is 2.04. The van der Waals surface area contributed by atoms with E-state index < -0.39 is 0 Å². The molecular weight excluding hydrogens is 266 g/mol. The average molecular weight is 281 g/mol. The summed E-state index contributed by atoms with van der Waals surface area (Å²) in [5.74, 6) is 1.79. The van der Waals surface area contributed by atoms with Crippen molar-refractivity contribution in [1.29, 1.82) is 0 Å². The first kappa shape index (κ1) is 13.1. The van der Waals surface area contributed by atoms with Crippen LogP contribution in [-0.2, 0) is 7.05 Å². The van der Waals surface area contributed by atoms with Gasteiger partial charge in [-0.15, -0.1) is 0 Å². The minimum absolute atomic E-state index is 0.426. The Labute approximate surface area is 122 Å². The second kappa shape index (κ2) is 5.24. The molecule has 0 unspecified atom stereocenters. The van der Waals surface area contributed by atoms with E-state index in [9.17, 15) is 0 Å². The number of anilines is 1. The van der Waals surface area contributed by atoms with Crippen LogP contribution in [0, 0.1) is 0 Å². The number of hydrogen-bond donors (Lipinski definition) is 1. The second-order valence-corrected chi connectivity index (χ2v) is 4.63. The lowest BCUT2D eigenvalue weighted by Gasteiger charge is -2.05. The number of nitrogen functional groups attached to an aromatic ring is 1. The molecule has 0 spiro atoms. The molecule has 2 N–H and O–H groups in total. The number of aryl methyl sites for hydroxylation is 1. The van der Waals surface area contributed by atoms with Crippen molar-refractivity contribution in [3.05, 3.63) is 42.7 Å². The highest BCUT2D eigenvalue weighted by Crippen LogP contribution is 2.24. The van der Waals surface area contributed by atoms with Gasteiger partial charge in [-0.3, -0.25) is 4.68 Å². The summed E-state index contributed by atoms with van der Waals surface area (Å²) in [5.41, 5.74) is 8.43. The van der Waals surface area contributed by atoms with Crippen LogP contribution in [0.2, 0.25) is 0 Å². The van der Waals surface area contributed by atoms with E-state index in [0.29, 0.717) is 11.6 Å². The molecule has 21 heavy (non-hydrogen) atoms. The van der Waals surface area contributed by atoms with E-state index in [-0.39, 0.29) is 0 Å². The molecule has 6 nitrogen and oxygen atoms in total. The summed E-state index contributed by atoms with van der Waals surface area (Å²) in [7, 11) is 3.49. The number of nitrogens with zero attached hydrogens (tertiary/aromatic N) is 4. The first-order valence-corrected chi connectivity index (χ1v) is 6.44. The number of hydrogen-bond acceptors (Lipinski definition) is 5. The maximum Gasteiger partial charge on any atom is 0.162 e. The zero-order valence-corrected chi connectivity index (χ0v) is 11.8. The van der Waals surface area contributed by atoms with Crippen LogP contribution in [0.25, 0.3) is 22.6 Å². The van der Waals surface area contributed by atoms with Gasteiger partial charge in [0, 0.05) is 30.4 Å². The minimum atomic E-state index is 0.426. The zero-order valence-electron chi connectivity index (χ0n) is 11.8. The summed E-state index contributed by atoms with van der Waals surface area (Å²) in [6, 6.07) is 9.28. The standard InChI is InChI=1S/C15H15N5O/c1-20-9-11(8-17-20)13-7-14(16)19-15(18-13)10-3-5-12(21-2)6-4-10/h3-9H,1-2H3,(H2,16,18,19). The highest BCUT2D eigenvalue weighted by molar-refractivity contribution is 5.66. The molecule has 0 bridgehead atoms. The molecule has 0 saturated heterocycles. The predicted octanol–water partition coefficient (Wildman–Crippen LogP) is 2.13. The van der Waals surface area contributed by atoms with Gasteiger partial charge in [0.2, 0.25) is 0 Å². The number of aromatic nitrogens is 4. The zero-order chi connectivity index (χ0) is 14.8. The molecule has 0 aliphatic heterocycles. The number of benzene rings is 1. The van der Waals surface area contributed by atoms with Gasteiger partial charge in [0.15, 0.2) is 5.82 Å². The van der Waals surface area contributed by atoms with Crippen LogP contribution >= 0.6 is 0 Å². The van der Waals surface area contributed by atoms with Crippen molar-refractivity contribution in [2.75, 3.05) is 12.8 Å². The SMILES string of the molecule is COc1ccc(-c2nc(N)cc(-c3cnn(C)c3)n2)cc1. The molecule has 0 amide bonds. The van der Waals surface area contributed by atoms with Crippen molar-refractivity contribution in [2.45, 2.75) is 0 Å². The third-order valence-electron chi connectivity index (χ3n) is 3.09. The lowest BCUT2D eigenvalue weighted by Crippen LogP contribution is -1.97. The largest absolute Gasteiger partial charge is 0.497 e. The first-order valence-electron chi connectivity index (χ1n) is 6.44. The van der Waals surface area contributed by atoms with Gasteiger partial charge in [-0.25, -0.2) is 9.97 Å². The normalized spacial score (nSPS) is 10.6. The number of ether oxygens (including phenoxy) is 1. The molecule has 3 aromatic rings. The number of rotatable bonds is 3. The Morgan fingerprint density at radius 3 is 2.48 bits per heavy atom. The van der Waals surface area contributed by atoms with Crippen LogP contribution in [-0.4, -0.2) is 26.9 Å². The summed E-state index contributed by atoms with van der Waals surface area (Å²) in [5, 5.41) is 4.15. The lowest BCUT2D eigenvalue weighted by molar-refractivity contribution is 0.415. The Hall–Kier alpha value is -2.89. The molecule has 6 heteroatoms. The van der Waals surface area contributed by atoms with Crippen molar-refractivity contribution < 1.29 is 4.74 Å². The Morgan fingerprint density at radius 2 is 1.86 bits per heavy atom.